The molecule has 0 amide bonds. The Bertz CT molecular complexity index is 488. The summed E-state index contributed by atoms with van der Waals surface area (Å²) >= 11 is 0. The predicted molar refractivity (Wildman–Crippen MR) is 60.9 cm³/mol. The first-order chi connectivity index (χ1) is 9.36. The Morgan fingerprint density at radius 3 is 2.65 bits per heavy atom. The number of rotatable bonds is 5. The van der Waals surface area contributed by atoms with E-state index in [1.807, 2.05) is 0 Å². The number of hydrogen-bond donors (Lipinski definition) is 0. The van der Waals surface area contributed by atoms with Gasteiger partial charge in [-0.15, -0.1) is 0 Å². The van der Waals surface area contributed by atoms with Gasteiger partial charge in [-0.1, -0.05) is 6.07 Å². The molecule has 0 aromatic carbocycles. The monoisotopic (exact) mass is 291 g/mol. The van der Waals surface area contributed by atoms with Gasteiger partial charge in [0.2, 0.25) is 0 Å². The van der Waals surface area contributed by atoms with E-state index < -0.39 is 24.7 Å². The fraction of sp³-hybridized carbons (Fsp3) is 0.417. The lowest BCUT2D eigenvalue weighted by molar-refractivity contribution is -0.199. The van der Waals surface area contributed by atoms with Crippen LogP contribution in [0, 0.1) is 0 Å². The van der Waals surface area contributed by atoms with Gasteiger partial charge in [0, 0.05) is 6.20 Å². The number of carbonyl (C=O) groups excluding carboxylic acids is 2. The molecule has 1 rings (SSSR count). The highest BCUT2D eigenvalue weighted by atomic mass is 19.4. The Morgan fingerprint density at radius 1 is 1.35 bits per heavy atom. The van der Waals surface area contributed by atoms with Gasteiger partial charge < -0.3 is 9.47 Å². The number of aryl methyl sites for hydroxylation is 1. The van der Waals surface area contributed by atoms with Crippen molar-refractivity contribution in [3.63, 3.8) is 0 Å². The third kappa shape index (κ3) is 4.52. The summed E-state index contributed by atoms with van der Waals surface area (Å²) in [5.41, 5.74) is 0.611. The summed E-state index contributed by atoms with van der Waals surface area (Å²) in [5.74, 6) is -2.86. The van der Waals surface area contributed by atoms with Gasteiger partial charge in [-0.3, -0.25) is 0 Å². The van der Waals surface area contributed by atoms with Gasteiger partial charge in [-0.05, 0) is 24.5 Å². The standard InChI is InChI=1S/C12H12F3NO4/c1-19-10(17)9-8(4-2-6-16-9)5-3-7-20-11(18)12(13,14)15/h2,4,6H,3,5,7H2,1H3. The van der Waals surface area contributed by atoms with Crippen LogP contribution in [-0.2, 0) is 20.7 Å². The van der Waals surface area contributed by atoms with Gasteiger partial charge in [0.05, 0.1) is 13.7 Å². The van der Waals surface area contributed by atoms with Gasteiger partial charge >= 0.3 is 18.1 Å². The Kier molecular flexibility index (Phi) is 5.48. The molecule has 0 radical (unpaired) electrons. The number of aromatic nitrogens is 1. The molecule has 1 heterocycles. The van der Waals surface area contributed by atoms with E-state index in [2.05, 4.69) is 14.5 Å². The second-order valence-electron chi connectivity index (χ2n) is 3.74. The quantitative estimate of drug-likeness (QED) is 0.612. The average molecular weight is 291 g/mol. The summed E-state index contributed by atoms with van der Waals surface area (Å²) < 4.78 is 44.2. The number of alkyl halides is 3. The molecule has 0 spiro atoms. The number of methoxy groups -OCH3 is 1. The molecule has 0 atom stereocenters. The third-order valence-electron chi connectivity index (χ3n) is 2.33. The van der Waals surface area contributed by atoms with Crippen LogP contribution in [0.1, 0.15) is 22.5 Å². The largest absolute Gasteiger partial charge is 0.490 e. The smallest absolute Gasteiger partial charge is 0.464 e. The molecule has 1 aromatic rings. The zero-order valence-electron chi connectivity index (χ0n) is 10.6. The number of nitrogens with zero attached hydrogens (tertiary/aromatic N) is 1. The minimum absolute atomic E-state index is 0.0946. The average Bonchev–Trinajstić information content (AvgIpc) is 2.41. The predicted octanol–water partition coefficient (Wildman–Crippen LogP) is 1.91. The van der Waals surface area contributed by atoms with Crippen LogP contribution in [-0.4, -0.2) is 36.8 Å². The lowest BCUT2D eigenvalue weighted by Gasteiger charge is -2.08. The molecular weight excluding hydrogens is 279 g/mol. The summed E-state index contributed by atoms with van der Waals surface area (Å²) in [6, 6.07) is 3.19. The number of hydrogen-bond acceptors (Lipinski definition) is 5. The molecule has 0 aliphatic rings. The number of ether oxygens (including phenoxy) is 2. The van der Waals surface area contributed by atoms with E-state index in [0.29, 0.717) is 5.56 Å². The lowest BCUT2D eigenvalue weighted by atomic mass is 10.1. The third-order valence-corrected chi connectivity index (χ3v) is 2.33. The first kappa shape index (κ1) is 15.9. The molecule has 0 fully saturated rings. The van der Waals surface area contributed by atoms with Crippen LogP contribution >= 0.6 is 0 Å². The van der Waals surface area contributed by atoms with E-state index >= 15 is 0 Å². The van der Waals surface area contributed by atoms with E-state index in [-0.39, 0.29) is 18.5 Å². The second kappa shape index (κ2) is 6.88. The van der Waals surface area contributed by atoms with Crippen molar-refractivity contribution in [2.75, 3.05) is 13.7 Å². The summed E-state index contributed by atoms with van der Waals surface area (Å²) in [7, 11) is 1.20. The van der Waals surface area contributed by atoms with Gasteiger partial charge in [0.15, 0.2) is 5.69 Å². The van der Waals surface area contributed by atoms with Crippen LogP contribution in [0.15, 0.2) is 18.3 Å². The number of carbonyl (C=O) groups is 2. The molecule has 0 saturated heterocycles. The maximum absolute atomic E-state index is 11.9. The highest BCUT2D eigenvalue weighted by Gasteiger charge is 2.40. The topological polar surface area (TPSA) is 65.5 Å². The molecule has 0 aliphatic carbocycles. The molecule has 20 heavy (non-hydrogen) atoms. The normalized spacial score (nSPS) is 11.0. The molecule has 0 bridgehead atoms. The molecule has 0 aliphatic heterocycles. The van der Waals surface area contributed by atoms with Crippen LogP contribution in [0.25, 0.3) is 0 Å². The van der Waals surface area contributed by atoms with E-state index in [1.165, 1.54) is 13.3 Å². The molecule has 8 heteroatoms. The molecule has 0 unspecified atom stereocenters. The summed E-state index contributed by atoms with van der Waals surface area (Å²) in [5, 5.41) is 0. The summed E-state index contributed by atoms with van der Waals surface area (Å²) in [6.45, 7) is -0.395. The van der Waals surface area contributed by atoms with Crippen molar-refractivity contribution in [2.24, 2.45) is 0 Å². The molecule has 1 aromatic heterocycles. The zero-order chi connectivity index (χ0) is 15.2. The van der Waals surface area contributed by atoms with Crippen molar-refractivity contribution < 1.29 is 32.2 Å². The maximum Gasteiger partial charge on any atom is 0.490 e. The van der Waals surface area contributed by atoms with Crippen LogP contribution in [0.3, 0.4) is 0 Å². The van der Waals surface area contributed by atoms with Crippen molar-refractivity contribution in [3.8, 4) is 0 Å². The molecule has 110 valence electrons. The van der Waals surface area contributed by atoms with E-state index in [1.54, 1.807) is 12.1 Å². The SMILES string of the molecule is COC(=O)c1ncccc1CCCOC(=O)C(F)(F)F. The van der Waals surface area contributed by atoms with Crippen LogP contribution in [0.5, 0.6) is 0 Å². The Labute approximate surface area is 112 Å². The Morgan fingerprint density at radius 2 is 2.05 bits per heavy atom. The van der Waals surface area contributed by atoms with Gasteiger partial charge in [-0.2, -0.15) is 13.2 Å². The summed E-state index contributed by atoms with van der Waals surface area (Å²) in [6.07, 6.45) is -3.22. The number of halogens is 3. The van der Waals surface area contributed by atoms with Crippen LogP contribution in [0.4, 0.5) is 13.2 Å². The van der Waals surface area contributed by atoms with Crippen molar-refractivity contribution in [3.05, 3.63) is 29.6 Å². The zero-order valence-corrected chi connectivity index (χ0v) is 10.6. The fourth-order valence-electron chi connectivity index (χ4n) is 1.43. The van der Waals surface area contributed by atoms with Crippen molar-refractivity contribution in [1.29, 1.82) is 0 Å². The van der Waals surface area contributed by atoms with Crippen molar-refractivity contribution in [2.45, 2.75) is 19.0 Å². The second-order valence-corrected chi connectivity index (χ2v) is 3.74. The van der Waals surface area contributed by atoms with E-state index in [4.69, 9.17) is 0 Å². The first-order valence-electron chi connectivity index (χ1n) is 5.62. The highest BCUT2D eigenvalue weighted by Crippen LogP contribution is 2.17. The van der Waals surface area contributed by atoms with E-state index in [0.717, 1.165) is 0 Å². The van der Waals surface area contributed by atoms with Crippen molar-refractivity contribution in [1.82, 2.24) is 4.98 Å². The van der Waals surface area contributed by atoms with E-state index in [9.17, 15) is 22.8 Å². The first-order valence-corrected chi connectivity index (χ1v) is 5.62. The fourth-order valence-corrected chi connectivity index (χ4v) is 1.43. The molecular formula is C12H12F3NO4. The lowest BCUT2D eigenvalue weighted by Crippen LogP contribution is -2.25. The minimum Gasteiger partial charge on any atom is -0.464 e. The maximum atomic E-state index is 11.9. The van der Waals surface area contributed by atoms with Crippen LogP contribution < -0.4 is 0 Å². The Hall–Kier alpha value is -2.12. The molecule has 0 saturated carbocycles. The van der Waals surface area contributed by atoms with Crippen LogP contribution in [0.2, 0.25) is 0 Å². The Balaban J connectivity index is 2.51. The minimum atomic E-state index is -4.99. The highest BCUT2D eigenvalue weighted by molar-refractivity contribution is 5.88. The summed E-state index contributed by atoms with van der Waals surface area (Å²) in [4.78, 5) is 25.7. The van der Waals surface area contributed by atoms with Gasteiger partial charge in [0.1, 0.15) is 0 Å². The number of esters is 2. The number of pyridine rings is 1. The van der Waals surface area contributed by atoms with Gasteiger partial charge in [0.25, 0.3) is 0 Å². The van der Waals surface area contributed by atoms with Gasteiger partial charge in [-0.25, -0.2) is 14.6 Å². The molecule has 5 nitrogen and oxygen atoms in total. The molecule has 0 N–H and O–H groups in total. The van der Waals surface area contributed by atoms with Crippen molar-refractivity contribution >= 4 is 11.9 Å².